The molecule has 0 aliphatic carbocycles. The van der Waals surface area contributed by atoms with Crippen molar-refractivity contribution >= 4 is 17.3 Å². The third kappa shape index (κ3) is 5.49. The van der Waals surface area contributed by atoms with Crippen molar-refractivity contribution in [1.29, 1.82) is 0 Å². The first kappa shape index (κ1) is 25.2. The Kier molecular flexibility index (Phi) is 7.85. The van der Waals surface area contributed by atoms with Gasteiger partial charge in [0.1, 0.15) is 0 Å². The number of carbonyl (C=O) groups is 1. The van der Waals surface area contributed by atoms with E-state index in [1.807, 2.05) is 60.4 Å². The second-order valence-electron chi connectivity index (χ2n) is 8.98. The number of nitro groups is 1. The number of amides is 1. The molecule has 188 valence electrons. The monoisotopic (exact) mass is 489 g/mol. The minimum atomic E-state index is -0.332. The average molecular weight is 490 g/mol. The Morgan fingerprint density at radius 2 is 1.72 bits per heavy atom. The number of hydrogen-bond donors (Lipinski definition) is 0. The van der Waals surface area contributed by atoms with E-state index in [1.165, 1.54) is 0 Å². The minimum absolute atomic E-state index is 0.0295. The fraction of sp³-hybridized carbons (Fsp3) is 0.321. The van der Waals surface area contributed by atoms with Gasteiger partial charge in [-0.3, -0.25) is 19.8 Å². The van der Waals surface area contributed by atoms with E-state index in [4.69, 9.17) is 9.47 Å². The molecule has 0 saturated carbocycles. The average Bonchev–Trinajstić information content (AvgIpc) is 2.89. The van der Waals surface area contributed by atoms with Crippen LogP contribution in [0.2, 0.25) is 0 Å². The third-order valence-corrected chi connectivity index (χ3v) is 6.63. The predicted octanol–water partition coefficient (Wildman–Crippen LogP) is 5.23. The molecule has 1 aliphatic heterocycles. The number of carbonyl (C=O) groups excluding carboxylic acids is 1. The van der Waals surface area contributed by atoms with Crippen molar-refractivity contribution in [3.8, 4) is 11.5 Å². The van der Waals surface area contributed by atoms with Gasteiger partial charge in [-0.1, -0.05) is 35.9 Å². The molecular weight excluding hydrogens is 458 g/mol. The maximum Gasteiger partial charge on any atom is 0.273 e. The van der Waals surface area contributed by atoms with Crippen LogP contribution in [-0.4, -0.2) is 49.1 Å². The lowest BCUT2D eigenvalue weighted by Crippen LogP contribution is -2.47. The number of anilines is 1. The van der Waals surface area contributed by atoms with Crippen LogP contribution in [-0.2, 0) is 6.54 Å². The van der Waals surface area contributed by atoms with E-state index in [0.29, 0.717) is 29.2 Å². The molecule has 0 unspecified atom stereocenters. The third-order valence-electron chi connectivity index (χ3n) is 6.63. The lowest BCUT2D eigenvalue weighted by molar-refractivity contribution is -0.385. The van der Waals surface area contributed by atoms with Crippen LogP contribution in [0, 0.1) is 17.0 Å². The second kappa shape index (κ2) is 11.2. The molecule has 4 rings (SSSR count). The lowest BCUT2D eigenvalue weighted by atomic mass is 9.99. The molecule has 0 atom stereocenters. The summed E-state index contributed by atoms with van der Waals surface area (Å²) >= 11 is 0. The molecule has 0 radical (unpaired) electrons. The zero-order chi connectivity index (χ0) is 25.7. The Morgan fingerprint density at radius 3 is 2.39 bits per heavy atom. The van der Waals surface area contributed by atoms with E-state index in [0.717, 1.165) is 37.2 Å². The van der Waals surface area contributed by atoms with Gasteiger partial charge in [-0.15, -0.1) is 0 Å². The topological polar surface area (TPSA) is 85.2 Å². The van der Waals surface area contributed by atoms with Gasteiger partial charge in [-0.2, -0.15) is 0 Å². The number of para-hydroxylation sites is 1. The Hall–Kier alpha value is -3.91. The fourth-order valence-electron chi connectivity index (χ4n) is 4.79. The highest BCUT2D eigenvalue weighted by Gasteiger charge is 2.31. The van der Waals surface area contributed by atoms with Gasteiger partial charge in [0.15, 0.2) is 11.5 Å². The SMILES string of the molecule is COc1ccc(N(C(=O)c2cccc(C)c2)C2CCN(Cc3ccccc3[N+](=O)[O-])CC2)cc1OC. The van der Waals surface area contributed by atoms with Gasteiger partial charge in [0.2, 0.25) is 0 Å². The number of ether oxygens (including phenoxy) is 2. The quantitative estimate of drug-likeness (QED) is 0.318. The second-order valence-corrected chi connectivity index (χ2v) is 8.98. The molecule has 3 aromatic rings. The first-order chi connectivity index (χ1) is 17.4. The van der Waals surface area contributed by atoms with Crippen molar-refractivity contribution in [1.82, 2.24) is 4.90 Å². The van der Waals surface area contributed by atoms with Gasteiger partial charge >= 0.3 is 0 Å². The standard InChI is InChI=1S/C28H31N3O5/c1-20-7-6-9-21(17-20)28(32)30(24-11-12-26(35-2)27(18-24)36-3)23-13-15-29(16-14-23)19-22-8-4-5-10-25(22)31(33)34/h4-12,17-18,23H,13-16,19H2,1-3H3. The summed E-state index contributed by atoms with van der Waals surface area (Å²) in [5.41, 5.74) is 3.24. The van der Waals surface area contributed by atoms with Crippen LogP contribution in [0.5, 0.6) is 11.5 Å². The van der Waals surface area contributed by atoms with Gasteiger partial charge in [0.05, 0.1) is 19.1 Å². The number of nitrogens with zero attached hydrogens (tertiary/aromatic N) is 3. The maximum absolute atomic E-state index is 13.8. The molecule has 1 amide bonds. The number of nitro benzene ring substituents is 1. The minimum Gasteiger partial charge on any atom is -0.493 e. The smallest absolute Gasteiger partial charge is 0.273 e. The summed E-state index contributed by atoms with van der Waals surface area (Å²) in [5, 5.41) is 11.4. The summed E-state index contributed by atoms with van der Waals surface area (Å²) in [5.74, 6) is 1.09. The number of methoxy groups -OCH3 is 2. The first-order valence-corrected chi connectivity index (χ1v) is 12.0. The number of likely N-dealkylation sites (tertiary alicyclic amines) is 1. The van der Waals surface area contributed by atoms with Crippen LogP contribution in [0.25, 0.3) is 0 Å². The molecular formula is C28H31N3O5. The van der Waals surface area contributed by atoms with Gasteiger partial charge in [-0.05, 0) is 44.0 Å². The number of hydrogen-bond acceptors (Lipinski definition) is 6. The predicted molar refractivity (Wildman–Crippen MR) is 139 cm³/mol. The zero-order valence-corrected chi connectivity index (χ0v) is 20.8. The molecule has 1 fully saturated rings. The first-order valence-electron chi connectivity index (χ1n) is 12.0. The van der Waals surface area contributed by atoms with E-state index in [9.17, 15) is 14.9 Å². The van der Waals surface area contributed by atoms with Crippen LogP contribution in [0.1, 0.15) is 34.3 Å². The highest BCUT2D eigenvalue weighted by molar-refractivity contribution is 6.06. The van der Waals surface area contributed by atoms with Crippen molar-refractivity contribution in [2.24, 2.45) is 0 Å². The van der Waals surface area contributed by atoms with E-state index in [2.05, 4.69) is 4.90 Å². The summed E-state index contributed by atoms with van der Waals surface area (Å²) in [6, 6.07) is 20.0. The molecule has 0 bridgehead atoms. The van der Waals surface area contributed by atoms with Crippen LogP contribution in [0.3, 0.4) is 0 Å². The summed E-state index contributed by atoms with van der Waals surface area (Å²) in [6.07, 6.45) is 1.49. The van der Waals surface area contributed by atoms with Gasteiger partial charge in [0, 0.05) is 54.6 Å². The molecule has 36 heavy (non-hydrogen) atoms. The van der Waals surface area contributed by atoms with Crippen molar-refractivity contribution < 1.29 is 19.2 Å². The zero-order valence-electron chi connectivity index (χ0n) is 20.8. The van der Waals surface area contributed by atoms with Crippen LogP contribution in [0.15, 0.2) is 66.7 Å². The van der Waals surface area contributed by atoms with Crippen molar-refractivity contribution in [2.45, 2.75) is 32.4 Å². The van der Waals surface area contributed by atoms with Crippen molar-refractivity contribution in [3.63, 3.8) is 0 Å². The fourth-order valence-corrected chi connectivity index (χ4v) is 4.79. The van der Waals surface area contributed by atoms with Crippen molar-refractivity contribution in [3.05, 3.63) is 93.5 Å². The Bertz CT molecular complexity index is 1240. The van der Waals surface area contributed by atoms with Crippen LogP contribution >= 0.6 is 0 Å². The molecule has 8 nitrogen and oxygen atoms in total. The van der Waals surface area contributed by atoms with Gasteiger partial charge in [-0.25, -0.2) is 0 Å². The largest absolute Gasteiger partial charge is 0.493 e. The Balaban J connectivity index is 1.58. The van der Waals surface area contributed by atoms with Crippen LogP contribution < -0.4 is 14.4 Å². The Labute approximate surface area is 211 Å². The maximum atomic E-state index is 13.8. The molecule has 1 aliphatic rings. The lowest BCUT2D eigenvalue weighted by Gasteiger charge is -2.39. The molecule has 3 aromatic carbocycles. The molecule has 0 N–H and O–H groups in total. The molecule has 0 spiro atoms. The summed E-state index contributed by atoms with van der Waals surface area (Å²) < 4.78 is 10.9. The molecule has 1 saturated heterocycles. The number of benzene rings is 3. The van der Waals surface area contributed by atoms with Crippen molar-refractivity contribution in [2.75, 3.05) is 32.2 Å². The summed E-state index contributed by atoms with van der Waals surface area (Å²) in [7, 11) is 3.16. The highest BCUT2D eigenvalue weighted by Crippen LogP contribution is 2.35. The molecule has 1 heterocycles. The van der Waals surface area contributed by atoms with Crippen LogP contribution in [0.4, 0.5) is 11.4 Å². The summed E-state index contributed by atoms with van der Waals surface area (Å²) in [4.78, 5) is 29.0. The van der Waals surface area contributed by atoms with Gasteiger partial charge in [0.25, 0.3) is 11.6 Å². The van der Waals surface area contributed by atoms with Gasteiger partial charge < -0.3 is 14.4 Å². The molecule has 0 aromatic heterocycles. The number of piperidine rings is 1. The highest BCUT2D eigenvalue weighted by atomic mass is 16.6. The number of rotatable bonds is 8. The van der Waals surface area contributed by atoms with E-state index in [1.54, 1.807) is 32.4 Å². The van der Waals surface area contributed by atoms with E-state index >= 15 is 0 Å². The molecule has 8 heteroatoms. The summed E-state index contributed by atoms with van der Waals surface area (Å²) in [6.45, 7) is 3.92. The number of aryl methyl sites for hydroxylation is 1. The normalized spacial score (nSPS) is 14.3. The van der Waals surface area contributed by atoms with E-state index in [-0.39, 0.29) is 22.6 Å². The van der Waals surface area contributed by atoms with E-state index < -0.39 is 0 Å². The Morgan fingerprint density at radius 1 is 1.00 bits per heavy atom.